The third-order valence-corrected chi connectivity index (χ3v) is 2.29. The van der Waals surface area contributed by atoms with Crippen LogP contribution in [-0.2, 0) is 0 Å². The number of nitrogens with zero attached hydrogens (tertiary/aromatic N) is 1. The minimum Gasteiger partial charge on any atom is -0.288 e. The topological polar surface area (TPSA) is 45.8 Å². The molecule has 70 valence electrons. The van der Waals surface area contributed by atoms with Gasteiger partial charge in [-0.2, -0.15) is 5.10 Å². The second-order valence-electron chi connectivity index (χ2n) is 2.84. The van der Waals surface area contributed by atoms with Gasteiger partial charge in [0, 0.05) is 16.1 Å². The van der Waals surface area contributed by atoms with Gasteiger partial charge in [-0.05, 0) is 12.1 Å². The molecule has 2 rings (SSSR count). The zero-order valence-corrected chi connectivity index (χ0v) is 8.78. The number of hydrogen-bond donors (Lipinski definition) is 1. The van der Waals surface area contributed by atoms with E-state index in [1.54, 1.807) is 0 Å². The first kappa shape index (κ1) is 9.15. The van der Waals surface area contributed by atoms with Crippen LogP contribution in [-0.4, -0.2) is 10.2 Å². The summed E-state index contributed by atoms with van der Waals surface area (Å²) in [6.07, 6.45) is 1.25. The van der Waals surface area contributed by atoms with Gasteiger partial charge in [0.1, 0.15) is 0 Å². The molecule has 0 spiro atoms. The molecule has 14 heavy (non-hydrogen) atoms. The monoisotopic (exact) mass is 250 g/mol. The maximum atomic E-state index is 11.1. The third kappa shape index (κ3) is 1.90. The zero-order chi connectivity index (χ0) is 9.97. The van der Waals surface area contributed by atoms with Crippen LogP contribution < -0.4 is 5.43 Å². The molecule has 2 aromatic rings. The number of nitrogens with one attached hydrogen (secondary N) is 1. The fraction of sp³-hybridized carbons (Fsp3) is 0. The van der Waals surface area contributed by atoms with Crippen LogP contribution in [0.4, 0.5) is 0 Å². The lowest BCUT2D eigenvalue weighted by molar-refractivity contribution is 1.02. The lowest BCUT2D eigenvalue weighted by Crippen LogP contribution is -2.01. The van der Waals surface area contributed by atoms with Crippen molar-refractivity contribution < 1.29 is 0 Å². The summed E-state index contributed by atoms with van der Waals surface area (Å²) >= 11 is 3.37. The van der Waals surface area contributed by atoms with Gasteiger partial charge in [0.25, 0.3) is 0 Å². The van der Waals surface area contributed by atoms with E-state index < -0.39 is 0 Å². The average Bonchev–Trinajstić information content (AvgIpc) is 2.18. The van der Waals surface area contributed by atoms with Crippen molar-refractivity contribution in [2.24, 2.45) is 0 Å². The van der Waals surface area contributed by atoms with Crippen molar-refractivity contribution in [3.8, 4) is 11.3 Å². The number of H-pyrrole nitrogens is 1. The van der Waals surface area contributed by atoms with Crippen LogP contribution in [0.1, 0.15) is 0 Å². The van der Waals surface area contributed by atoms with Crippen LogP contribution in [0.2, 0.25) is 0 Å². The number of benzene rings is 1. The maximum absolute atomic E-state index is 11.1. The van der Waals surface area contributed by atoms with Crippen LogP contribution in [0, 0.1) is 0 Å². The number of hydrogen-bond acceptors (Lipinski definition) is 2. The molecule has 0 amide bonds. The summed E-state index contributed by atoms with van der Waals surface area (Å²) in [5.41, 5.74) is 1.56. The molecule has 3 nitrogen and oxygen atoms in total. The van der Waals surface area contributed by atoms with E-state index in [4.69, 9.17) is 0 Å². The highest BCUT2D eigenvalue weighted by molar-refractivity contribution is 9.10. The number of halogens is 1. The largest absolute Gasteiger partial charge is 0.288 e. The fourth-order valence-electron chi connectivity index (χ4n) is 1.18. The standard InChI is InChI=1S/C10H7BrN2O/c11-8-3-1-2-7(4-8)10-5-9(14)6-12-13-10/h1-6H,(H,13,14). The third-order valence-electron chi connectivity index (χ3n) is 1.80. The van der Waals surface area contributed by atoms with E-state index in [9.17, 15) is 4.79 Å². The van der Waals surface area contributed by atoms with Gasteiger partial charge < -0.3 is 0 Å². The van der Waals surface area contributed by atoms with E-state index in [0.29, 0.717) is 0 Å². The predicted molar refractivity (Wildman–Crippen MR) is 58.0 cm³/mol. The molecule has 0 atom stereocenters. The van der Waals surface area contributed by atoms with E-state index in [0.717, 1.165) is 15.7 Å². The SMILES string of the molecule is O=c1cn[nH]c(-c2cccc(Br)c2)c1. The summed E-state index contributed by atoms with van der Waals surface area (Å²) in [5, 5.41) is 6.52. The Morgan fingerprint density at radius 1 is 1.29 bits per heavy atom. The number of aromatic nitrogens is 2. The molecule has 0 saturated heterocycles. The molecule has 1 heterocycles. The van der Waals surface area contributed by atoms with Crippen molar-refractivity contribution in [2.45, 2.75) is 0 Å². The smallest absolute Gasteiger partial charge is 0.200 e. The summed E-state index contributed by atoms with van der Waals surface area (Å²) < 4.78 is 0.972. The van der Waals surface area contributed by atoms with E-state index in [1.165, 1.54) is 12.3 Å². The molecular weight excluding hydrogens is 244 g/mol. The van der Waals surface area contributed by atoms with Crippen LogP contribution in [0.5, 0.6) is 0 Å². The Morgan fingerprint density at radius 3 is 2.86 bits per heavy atom. The van der Waals surface area contributed by atoms with Crippen molar-refractivity contribution in [2.75, 3.05) is 0 Å². The molecule has 0 unspecified atom stereocenters. The molecular formula is C10H7BrN2O. The van der Waals surface area contributed by atoms with E-state index in [-0.39, 0.29) is 5.43 Å². The lowest BCUT2D eigenvalue weighted by atomic mass is 10.1. The fourth-order valence-corrected chi connectivity index (χ4v) is 1.58. The average molecular weight is 251 g/mol. The van der Waals surface area contributed by atoms with Gasteiger partial charge in [0.15, 0.2) is 0 Å². The van der Waals surface area contributed by atoms with E-state index >= 15 is 0 Å². The Balaban J connectivity index is 2.55. The molecule has 0 radical (unpaired) electrons. The highest BCUT2D eigenvalue weighted by Gasteiger charge is 1.98. The van der Waals surface area contributed by atoms with Crippen molar-refractivity contribution in [1.82, 2.24) is 10.2 Å². The van der Waals surface area contributed by atoms with Crippen LogP contribution in [0.3, 0.4) is 0 Å². The lowest BCUT2D eigenvalue weighted by Gasteiger charge is -2.00. The zero-order valence-electron chi connectivity index (χ0n) is 7.20. The predicted octanol–water partition coefficient (Wildman–Crippen LogP) is 2.20. The van der Waals surface area contributed by atoms with Gasteiger partial charge in [-0.3, -0.25) is 9.89 Å². The van der Waals surface area contributed by atoms with Gasteiger partial charge in [0.2, 0.25) is 5.43 Å². The molecule has 1 aromatic heterocycles. The first-order valence-corrected chi connectivity index (χ1v) is 4.86. The summed E-state index contributed by atoms with van der Waals surface area (Å²) in [6.45, 7) is 0. The second kappa shape index (κ2) is 3.75. The molecule has 0 aliphatic heterocycles. The van der Waals surface area contributed by atoms with E-state index in [2.05, 4.69) is 26.1 Å². The van der Waals surface area contributed by atoms with E-state index in [1.807, 2.05) is 24.3 Å². The van der Waals surface area contributed by atoms with Crippen LogP contribution in [0.25, 0.3) is 11.3 Å². The summed E-state index contributed by atoms with van der Waals surface area (Å²) in [7, 11) is 0. The quantitative estimate of drug-likeness (QED) is 0.844. The number of aromatic amines is 1. The number of rotatable bonds is 1. The Bertz CT molecular complexity index is 507. The van der Waals surface area contributed by atoms with Gasteiger partial charge in [-0.15, -0.1) is 0 Å². The molecule has 0 saturated carbocycles. The molecule has 0 aliphatic carbocycles. The van der Waals surface area contributed by atoms with Gasteiger partial charge in [0.05, 0.1) is 11.9 Å². The summed E-state index contributed by atoms with van der Waals surface area (Å²) in [6, 6.07) is 9.20. The first-order valence-electron chi connectivity index (χ1n) is 4.06. The van der Waals surface area contributed by atoms with Crippen molar-refractivity contribution >= 4 is 15.9 Å². The Hall–Kier alpha value is -1.42. The molecule has 1 aromatic carbocycles. The van der Waals surface area contributed by atoms with Crippen molar-refractivity contribution in [3.63, 3.8) is 0 Å². The molecule has 0 aliphatic rings. The Kier molecular flexibility index (Phi) is 2.45. The van der Waals surface area contributed by atoms with Gasteiger partial charge in [-0.25, -0.2) is 0 Å². The minimum atomic E-state index is -0.0984. The normalized spacial score (nSPS) is 10.1. The Morgan fingerprint density at radius 2 is 2.14 bits per heavy atom. The second-order valence-corrected chi connectivity index (χ2v) is 3.76. The molecule has 1 N–H and O–H groups in total. The summed E-state index contributed by atoms with van der Waals surface area (Å²) in [4.78, 5) is 11.1. The molecule has 4 heteroatoms. The van der Waals surface area contributed by atoms with Crippen LogP contribution >= 0.6 is 15.9 Å². The van der Waals surface area contributed by atoms with Crippen LogP contribution in [0.15, 0.2) is 45.8 Å². The van der Waals surface area contributed by atoms with Gasteiger partial charge >= 0.3 is 0 Å². The highest BCUT2D eigenvalue weighted by atomic mass is 79.9. The van der Waals surface area contributed by atoms with Crippen molar-refractivity contribution in [1.29, 1.82) is 0 Å². The highest BCUT2D eigenvalue weighted by Crippen LogP contribution is 2.19. The Labute approximate surface area is 88.9 Å². The molecule has 0 fully saturated rings. The van der Waals surface area contributed by atoms with Gasteiger partial charge in [-0.1, -0.05) is 28.1 Å². The molecule has 0 bridgehead atoms. The first-order chi connectivity index (χ1) is 6.75. The maximum Gasteiger partial charge on any atom is 0.200 e. The minimum absolute atomic E-state index is 0.0984. The van der Waals surface area contributed by atoms with Crippen molar-refractivity contribution in [3.05, 3.63) is 51.2 Å². The summed E-state index contributed by atoms with van der Waals surface area (Å²) in [5.74, 6) is 0.